The minimum absolute atomic E-state index is 0.0649. The van der Waals surface area contributed by atoms with E-state index in [0.29, 0.717) is 0 Å². The van der Waals surface area contributed by atoms with Crippen LogP contribution in [0.15, 0.2) is 55.1 Å². The first kappa shape index (κ1) is 16.7. The first-order chi connectivity index (χ1) is 13.6. The fraction of sp³-hybridized carbons (Fsp3) is 0.190. The summed E-state index contributed by atoms with van der Waals surface area (Å²) in [6.45, 7) is 1.83. The Morgan fingerprint density at radius 2 is 2.11 bits per heavy atom. The van der Waals surface area contributed by atoms with Gasteiger partial charge in [0.15, 0.2) is 5.82 Å². The number of halogens is 1. The van der Waals surface area contributed by atoms with E-state index in [9.17, 15) is 9.18 Å². The highest BCUT2D eigenvalue weighted by Crippen LogP contribution is 2.28. The van der Waals surface area contributed by atoms with Crippen LogP contribution in [0.3, 0.4) is 0 Å². The number of hydrogen-bond donors (Lipinski definition) is 1. The number of hydrogen-bond acceptors (Lipinski definition) is 3. The number of amides is 1. The Kier molecular flexibility index (Phi) is 3.75. The van der Waals surface area contributed by atoms with Crippen molar-refractivity contribution < 1.29 is 9.18 Å². The average Bonchev–Trinajstić information content (AvgIpc) is 3.19. The molecule has 0 spiro atoms. The third-order valence-electron chi connectivity index (χ3n) is 5.00. The number of fused-ring (bicyclic) bond motifs is 1. The molecule has 1 N–H and O–H groups in total. The van der Waals surface area contributed by atoms with Gasteiger partial charge in [0.2, 0.25) is 0 Å². The van der Waals surface area contributed by atoms with Gasteiger partial charge < -0.3 is 5.32 Å². The highest BCUT2D eigenvalue weighted by molar-refractivity contribution is 5.96. The molecule has 1 saturated carbocycles. The number of nitrogens with zero attached hydrogens (tertiary/aromatic N) is 4. The summed E-state index contributed by atoms with van der Waals surface area (Å²) < 4.78 is 18.0. The second-order valence-electron chi connectivity index (χ2n) is 7.11. The number of benzene rings is 1. The van der Waals surface area contributed by atoms with Crippen molar-refractivity contribution in [2.75, 3.05) is 0 Å². The molecule has 0 unspecified atom stereocenters. The minimum Gasteiger partial charge on any atom is -0.349 e. The van der Waals surface area contributed by atoms with Crippen molar-refractivity contribution in [3.8, 4) is 16.9 Å². The van der Waals surface area contributed by atoms with Crippen LogP contribution >= 0.6 is 0 Å². The van der Waals surface area contributed by atoms with Gasteiger partial charge in [0.1, 0.15) is 11.5 Å². The van der Waals surface area contributed by atoms with E-state index in [-0.39, 0.29) is 17.5 Å². The molecule has 1 aliphatic rings. The Labute approximate surface area is 160 Å². The molecule has 1 aromatic carbocycles. The highest BCUT2D eigenvalue weighted by atomic mass is 19.1. The Hall–Kier alpha value is -3.48. The summed E-state index contributed by atoms with van der Waals surface area (Å²) in [4.78, 5) is 16.7. The molecule has 5 rings (SSSR count). The van der Waals surface area contributed by atoms with Gasteiger partial charge >= 0.3 is 0 Å². The quantitative estimate of drug-likeness (QED) is 0.594. The normalized spacial score (nSPS) is 13.8. The van der Waals surface area contributed by atoms with E-state index in [4.69, 9.17) is 0 Å². The number of pyridine rings is 1. The van der Waals surface area contributed by atoms with E-state index in [1.54, 1.807) is 23.1 Å². The highest BCUT2D eigenvalue weighted by Gasteiger charge is 2.25. The molecule has 140 valence electrons. The maximum atomic E-state index is 14.4. The summed E-state index contributed by atoms with van der Waals surface area (Å²) in [5.74, 6) is -0.0719. The van der Waals surface area contributed by atoms with E-state index >= 15 is 0 Å². The molecule has 0 atom stereocenters. The maximum absolute atomic E-state index is 14.4. The molecule has 7 heteroatoms. The van der Waals surface area contributed by atoms with Crippen molar-refractivity contribution >= 4 is 11.6 Å². The first-order valence-corrected chi connectivity index (χ1v) is 9.18. The molecule has 0 radical (unpaired) electrons. The third-order valence-corrected chi connectivity index (χ3v) is 5.00. The van der Waals surface area contributed by atoms with Crippen molar-refractivity contribution in [2.45, 2.75) is 25.8 Å². The summed E-state index contributed by atoms with van der Waals surface area (Å²) >= 11 is 0. The van der Waals surface area contributed by atoms with Crippen molar-refractivity contribution in [1.82, 2.24) is 24.5 Å². The summed E-state index contributed by atoms with van der Waals surface area (Å²) in [6.07, 6.45) is 9.15. The molecular formula is C21H18FN5O. The van der Waals surface area contributed by atoms with E-state index in [1.807, 2.05) is 41.9 Å². The lowest BCUT2D eigenvalue weighted by molar-refractivity contribution is 0.0947. The fourth-order valence-electron chi connectivity index (χ4n) is 3.32. The number of aromatic nitrogens is 4. The zero-order chi connectivity index (χ0) is 19.3. The van der Waals surface area contributed by atoms with Gasteiger partial charge in [0.05, 0.1) is 18.0 Å². The van der Waals surface area contributed by atoms with Gasteiger partial charge in [-0.05, 0) is 55.2 Å². The number of imidazole rings is 1. The monoisotopic (exact) mass is 375 g/mol. The van der Waals surface area contributed by atoms with Crippen LogP contribution in [0.5, 0.6) is 0 Å². The Bertz CT molecular complexity index is 1200. The van der Waals surface area contributed by atoms with Crippen molar-refractivity contribution in [3.63, 3.8) is 0 Å². The Morgan fingerprint density at radius 1 is 1.25 bits per heavy atom. The molecular weight excluding hydrogens is 357 g/mol. The largest absolute Gasteiger partial charge is 0.349 e. The lowest BCUT2D eigenvalue weighted by atomic mass is 9.99. The van der Waals surface area contributed by atoms with Gasteiger partial charge in [-0.25, -0.2) is 14.1 Å². The average molecular weight is 375 g/mol. The molecule has 3 aromatic heterocycles. The summed E-state index contributed by atoms with van der Waals surface area (Å²) in [5, 5.41) is 7.29. The van der Waals surface area contributed by atoms with Gasteiger partial charge in [-0.15, -0.1) is 0 Å². The fourth-order valence-corrected chi connectivity index (χ4v) is 3.32. The lowest BCUT2D eigenvalue weighted by Crippen LogP contribution is -2.26. The molecule has 1 fully saturated rings. The molecule has 1 amide bonds. The summed E-state index contributed by atoms with van der Waals surface area (Å²) in [5.41, 5.74) is 3.23. The zero-order valence-electron chi connectivity index (χ0n) is 15.3. The van der Waals surface area contributed by atoms with Crippen LogP contribution in [0.25, 0.3) is 22.6 Å². The topological polar surface area (TPSA) is 64.2 Å². The molecule has 28 heavy (non-hydrogen) atoms. The number of aryl methyl sites for hydroxylation is 1. The van der Waals surface area contributed by atoms with Crippen LogP contribution in [-0.4, -0.2) is 31.1 Å². The van der Waals surface area contributed by atoms with E-state index in [2.05, 4.69) is 15.4 Å². The number of nitrogens with one attached hydrogen (secondary N) is 1. The van der Waals surface area contributed by atoms with E-state index in [0.717, 1.165) is 41.0 Å². The number of rotatable bonds is 4. The lowest BCUT2D eigenvalue weighted by Gasteiger charge is -2.09. The SMILES string of the molecule is Cc1cc(F)c(C(=O)NC2CC2)cc1-c1cnn(-c2cnc3ccccn23)c1. The van der Waals surface area contributed by atoms with Crippen molar-refractivity contribution in [3.05, 3.63) is 72.1 Å². The van der Waals surface area contributed by atoms with Gasteiger partial charge in [0.25, 0.3) is 5.91 Å². The van der Waals surface area contributed by atoms with Crippen LogP contribution in [0, 0.1) is 12.7 Å². The predicted molar refractivity (Wildman–Crippen MR) is 103 cm³/mol. The van der Waals surface area contributed by atoms with Crippen LogP contribution in [0.2, 0.25) is 0 Å². The van der Waals surface area contributed by atoms with Crippen LogP contribution < -0.4 is 5.32 Å². The molecule has 3 heterocycles. The Balaban J connectivity index is 1.54. The third kappa shape index (κ3) is 2.85. The molecule has 6 nitrogen and oxygen atoms in total. The van der Waals surface area contributed by atoms with Gasteiger partial charge in [-0.2, -0.15) is 5.10 Å². The molecule has 0 bridgehead atoms. The second-order valence-corrected chi connectivity index (χ2v) is 7.11. The molecule has 0 aliphatic heterocycles. The van der Waals surface area contributed by atoms with E-state index < -0.39 is 5.82 Å². The predicted octanol–water partition coefficient (Wildman–Crippen LogP) is 3.53. The van der Waals surface area contributed by atoms with Crippen LogP contribution in [0.4, 0.5) is 4.39 Å². The van der Waals surface area contributed by atoms with Crippen LogP contribution in [0.1, 0.15) is 28.8 Å². The second kappa shape index (κ2) is 6.30. The Morgan fingerprint density at radius 3 is 2.93 bits per heavy atom. The summed E-state index contributed by atoms with van der Waals surface area (Å²) in [7, 11) is 0. The molecule has 4 aromatic rings. The molecule has 1 aliphatic carbocycles. The standard InChI is InChI=1S/C21H18FN5O/c1-13-8-18(22)17(21(28)25-15-5-6-15)9-16(13)14-10-24-27(12-14)20-11-23-19-4-2-3-7-26(19)20/h2-4,7-12,15H,5-6H2,1H3,(H,25,28). The number of carbonyl (C=O) groups excluding carboxylic acids is 1. The number of carbonyl (C=O) groups is 1. The smallest absolute Gasteiger partial charge is 0.254 e. The van der Waals surface area contributed by atoms with Crippen molar-refractivity contribution in [1.29, 1.82) is 0 Å². The first-order valence-electron chi connectivity index (χ1n) is 9.18. The van der Waals surface area contributed by atoms with Crippen molar-refractivity contribution in [2.24, 2.45) is 0 Å². The van der Waals surface area contributed by atoms with Gasteiger partial charge in [-0.1, -0.05) is 6.07 Å². The van der Waals surface area contributed by atoms with Gasteiger partial charge in [0, 0.05) is 24.0 Å². The maximum Gasteiger partial charge on any atom is 0.254 e. The van der Waals surface area contributed by atoms with Gasteiger partial charge in [-0.3, -0.25) is 9.20 Å². The molecule has 0 saturated heterocycles. The zero-order valence-corrected chi connectivity index (χ0v) is 15.3. The van der Waals surface area contributed by atoms with E-state index in [1.165, 1.54) is 6.07 Å². The van der Waals surface area contributed by atoms with Crippen LogP contribution in [-0.2, 0) is 0 Å². The minimum atomic E-state index is -0.506. The summed E-state index contributed by atoms with van der Waals surface area (Å²) in [6, 6.07) is 8.97.